The van der Waals surface area contributed by atoms with Crippen LogP contribution in [0.2, 0.25) is 0 Å². The summed E-state index contributed by atoms with van der Waals surface area (Å²) >= 11 is 0. The van der Waals surface area contributed by atoms with Crippen LogP contribution in [0.25, 0.3) is 0 Å². The fourth-order valence-electron chi connectivity index (χ4n) is 4.62. The van der Waals surface area contributed by atoms with Crippen molar-refractivity contribution in [2.24, 2.45) is 0 Å². The predicted molar refractivity (Wildman–Crippen MR) is 101 cm³/mol. The van der Waals surface area contributed by atoms with Crippen molar-refractivity contribution in [2.75, 3.05) is 6.61 Å². The van der Waals surface area contributed by atoms with Gasteiger partial charge in [-0.1, -0.05) is 60.7 Å². The SMILES string of the molecule is C[C@@H]1OC2(CC2OCc2ccccc2)[C@@H](OCc2ccccc2)[C@]12CCO2. The molecule has 3 aliphatic rings. The van der Waals surface area contributed by atoms with Crippen molar-refractivity contribution < 1.29 is 18.9 Å². The summed E-state index contributed by atoms with van der Waals surface area (Å²) in [5.74, 6) is 0. The van der Waals surface area contributed by atoms with Crippen LogP contribution >= 0.6 is 0 Å². The van der Waals surface area contributed by atoms with Gasteiger partial charge in [-0.2, -0.15) is 0 Å². The Morgan fingerprint density at radius 3 is 2.04 bits per heavy atom. The van der Waals surface area contributed by atoms with Gasteiger partial charge in [-0.25, -0.2) is 0 Å². The van der Waals surface area contributed by atoms with Gasteiger partial charge in [-0.3, -0.25) is 0 Å². The fraction of sp³-hybridized carbons (Fsp3) is 0.478. The molecular formula is C23H26O4. The molecule has 0 amide bonds. The van der Waals surface area contributed by atoms with E-state index in [1.165, 1.54) is 11.1 Å². The van der Waals surface area contributed by atoms with Gasteiger partial charge in [0.15, 0.2) is 0 Å². The first-order chi connectivity index (χ1) is 13.2. The molecule has 1 aliphatic carbocycles. The van der Waals surface area contributed by atoms with Crippen LogP contribution in [0.3, 0.4) is 0 Å². The Labute approximate surface area is 160 Å². The minimum atomic E-state index is -0.372. The van der Waals surface area contributed by atoms with Gasteiger partial charge in [0.1, 0.15) is 17.3 Å². The topological polar surface area (TPSA) is 36.9 Å². The zero-order valence-electron chi connectivity index (χ0n) is 15.7. The van der Waals surface area contributed by atoms with E-state index >= 15 is 0 Å². The zero-order valence-corrected chi connectivity index (χ0v) is 15.7. The van der Waals surface area contributed by atoms with Crippen molar-refractivity contribution in [3.05, 3.63) is 71.8 Å². The van der Waals surface area contributed by atoms with Gasteiger partial charge in [0.2, 0.25) is 0 Å². The predicted octanol–water partition coefficient (Wildman–Crippen LogP) is 3.88. The Balaban J connectivity index is 1.30. The van der Waals surface area contributed by atoms with E-state index in [-0.39, 0.29) is 29.5 Å². The second-order valence-electron chi connectivity index (χ2n) is 7.93. The Kier molecular flexibility index (Phi) is 4.32. The second-order valence-corrected chi connectivity index (χ2v) is 7.93. The van der Waals surface area contributed by atoms with E-state index in [1.807, 2.05) is 36.4 Å². The minimum absolute atomic E-state index is 0.0253. The van der Waals surface area contributed by atoms with E-state index in [9.17, 15) is 0 Å². The zero-order chi connectivity index (χ0) is 18.3. The highest BCUT2D eigenvalue weighted by molar-refractivity contribution is 5.26. The molecule has 1 saturated carbocycles. The molecule has 0 bridgehead atoms. The van der Waals surface area contributed by atoms with Crippen LogP contribution in [-0.4, -0.2) is 36.1 Å². The van der Waals surface area contributed by atoms with E-state index in [1.54, 1.807) is 0 Å². The molecule has 0 N–H and O–H groups in total. The third-order valence-corrected chi connectivity index (χ3v) is 6.28. The van der Waals surface area contributed by atoms with Crippen LogP contribution < -0.4 is 0 Å². The minimum Gasteiger partial charge on any atom is -0.370 e. The van der Waals surface area contributed by atoms with Gasteiger partial charge < -0.3 is 18.9 Å². The lowest BCUT2D eigenvalue weighted by molar-refractivity contribution is -0.219. The van der Waals surface area contributed by atoms with Crippen molar-refractivity contribution in [3.63, 3.8) is 0 Å². The summed E-state index contributed by atoms with van der Waals surface area (Å²) in [7, 11) is 0. The van der Waals surface area contributed by atoms with Crippen molar-refractivity contribution in [3.8, 4) is 0 Å². The van der Waals surface area contributed by atoms with Crippen LogP contribution in [0.4, 0.5) is 0 Å². The van der Waals surface area contributed by atoms with E-state index in [0.29, 0.717) is 13.2 Å². The number of ether oxygens (including phenoxy) is 4. The maximum atomic E-state index is 6.45. The monoisotopic (exact) mass is 366 g/mol. The molecule has 4 nitrogen and oxygen atoms in total. The largest absolute Gasteiger partial charge is 0.370 e. The van der Waals surface area contributed by atoms with Gasteiger partial charge in [-0.15, -0.1) is 0 Å². The smallest absolute Gasteiger partial charge is 0.126 e. The molecule has 5 rings (SSSR count). The molecule has 2 spiro atoms. The van der Waals surface area contributed by atoms with Gasteiger partial charge in [0.25, 0.3) is 0 Å². The van der Waals surface area contributed by atoms with E-state index in [2.05, 4.69) is 31.2 Å². The van der Waals surface area contributed by atoms with Gasteiger partial charge in [-0.05, 0) is 18.1 Å². The summed E-state index contributed by atoms with van der Waals surface area (Å²) in [5.41, 5.74) is 1.66. The molecule has 2 aromatic rings. The summed E-state index contributed by atoms with van der Waals surface area (Å²) in [4.78, 5) is 0. The first-order valence-electron chi connectivity index (χ1n) is 9.86. The van der Waals surface area contributed by atoms with Crippen LogP contribution in [0.1, 0.15) is 30.9 Å². The summed E-state index contributed by atoms with van der Waals surface area (Å²) in [6.07, 6.45) is 1.85. The Bertz CT molecular complexity index is 773. The van der Waals surface area contributed by atoms with Crippen LogP contribution in [-0.2, 0) is 32.2 Å². The van der Waals surface area contributed by atoms with E-state index in [4.69, 9.17) is 18.9 Å². The quantitative estimate of drug-likeness (QED) is 0.778. The first kappa shape index (κ1) is 17.4. The summed E-state index contributed by atoms with van der Waals surface area (Å²) < 4.78 is 25.2. The highest BCUT2D eigenvalue weighted by Gasteiger charge is 2.76. The van der Waals surface area contributed by atoms with Crippen molar-refractivity contribution in [2.45, 2.75) is 62.5 Å². The molecule has 0 radical (unpaired) electrons. The molecule has 0 aromatic heterocycles. The number of hydrogen-bond acceptors (Lipinski definition) is 4. The number of rotatable bonds is 6. The third kappa shape index (κ3) is 2.92. The van der Waals surface area contributed by atoms with Crippen molar-refractivity contribution in [1.29, 1.82) is 0 Å². The maximum Gasteiger partial charge on any atom is 0.126 e. The molecule has 5 atom stereocenters. The Morgan fingerprint density at radius 2 is 1.48 bits per heavy atom. The molecule has 142 valence electrons. The normalized spacial score (nSPS) is 36.9. The molecule has 4 heteroatoms. The summed E-state index contributed by atoms with van der Waals surface area (Å²) in [6.45, 7) is 4.06. The van der Waals surface area contributed by atoms with Gasteiger partial charge >= 0.3 is 0 Å². The lowest BCUT2D eigenvalue weighted by atomic mass is 9.83. The molecular weight excluding hydrogens is 340 g/mol. The lowest BCUT2D eigenvalue weighted by Crippen LogP contribution is -2.58. The molecule has 3 fully saturated rings. The van der Waals surface area contributed by atoms with Crippen LogP contribution in [0.5, 0.6) is 0 Å². The van der Waals surface area contributed by atoms with E-state index in [0.717, 1.165) is 19.4 Å². The van der Waals surface area contributed by atoms with Gasteiger partial charge in [0, 0.05) is 12.8 Å². The van der Waals surface area contributed by atoms with Gasteiger partial charge in [0.05, 0.1) is 32.0 Å². The number of benzene rings is 2. The first-order valence-corrected chi connectivity index (χ1v) is 9.86. The third-order valence-electron chi connectivity index (χ3n) is 6.28. The maximum absolute atomic E-state index is 6.45. The lowest BCUT2D eigenvalue weighted by Gasteiger charge is -2.45. The fourth-order valence-corrected chi connectivity index (χ4v) is 4.62. The molecule has 2 heterocycles. The average Bonchev–Trinajstić information content (AvgIpc) is 3.28. The van der Waals surface area contributed by atoms with Crippen LogP contribution in [0, 0.1) is 0 Å². The molecule has 2 aliphatic heterocycles. The number of hydrogen-bond donors (Lipinski definition) is 0. The molecule has 2 unspecified atom stereocenters. The van der Waals surface area contributed by atoms with Crippen LogP contribution in [0.15, 0.2) is 60.7 Å². The second kappa shape index (κ2) is 6.71. The Morgan fingerprint density at radius 1 is 0.889 bits per heavy atom. The molecule has 2 aromatic carbocycles. The average molecular weight is 366 g/mol. The molecule has 2 saturated heterocycles. The summed E-state index contributed by atoms with van der Waals surface area (Å²) in [6, 6.07) is 20.6. The Hall–Kier alpha value is -1.72. The van der Waals surface area contributed by atoms with Crippen molar-refractivity contribution in [1.82, 2.24) is 0 Å². The van der Waals surface area contributed by atoms with Crippen molar-refractivity contribution >= 4 is 0 Å². The molecule has 27 heavy (non-hydrogen) atoms. The summed E-state index contributed by atoms with van der Waals surface area (Å²) in [5, 5.41) is 0. The highest BCUT2D eigenvalue weighted by atomic mass is 16.7. The van der Waals surface area contributed by atoms with E-state index < -0.39 is 0 Å². The standard InChI is InChI=1S/C23H26O4/c1-17-22(12-13-26-22)21(25-16-19-10-6-3-7-11-19)23(27-17)14-20(23)24-15-18-8-4-2-5-9-18/h2-11,17,20-21H,12-16H2,1H3/t17-,20?,21-,22-,23?/m0/s1. The highest BCUT2D eigenvalue weighted by Crippen LogP contribution is 2.60.